The van der Waals surface area contributed by atoms with Gasteiger partial charge in [0, 0.05) is 11.3 Å². The highest BCUT2D eigenvalue weighted by atomic mass is 32.1. The Bertz CT molecular complexity index is 506. The summed E-state index contributed by atoms with van der Waals surface area (Å²) in [7, 11) is 0. The van der Waals surface area contributed by atoms with Gasteiger partial charge in [0.2, 0.25) is 0 Å². The number of aromatic nitrogens is 1. The molecule has 0 aliphatic carbocycles. The number of hydrogen-bond donors (Lipinski definition) is 3. The van der Waals surface area contributed by atoms with Crippen LogP contribution >= 0.6 is 11.3 Å². The topological polar surface area (TPSA) is 109 Å². The van der Waals surface area contributed by atoms with Crippen molar-refractivity contribution in [3.05, 3.63) is 10.6 Å². The van der Waals surface area contributed by atoms with Crippen molar-refractivity contribution in [3.8, 4) is 0 Å². The number of aliphatic hydroxyl groups is 1. The standard InChI is InChI=1S/C12H18N2O5S/c1-6-8(5-7(15)9(16)17)20-10(13-6)14-11(18)19-12(2,3)4/h7,15H,5H2,1-4H3,(H,16,17)(H,13,14,18). The molecular weight excluding hydrogens is 284 g/mol. The largest absolute Gasteiger partial charge is 0.479 e. The van der Waals surface area contributed by atoms with Crippen LogP contribution in [0.25, 0.3) is 0 Å². The molecule has 112 valence electrons. The van der Waals surface area contributed by atoms with Gasteiger partial charge < -0.3 is 14.9 Å². The molecule has 1 aromatic heterocycles. The van der Waals surface area contributed by atoms with Crippen LogP contribution in [0.1, 0.15) is 31.3 Å². The van der Waals surface area contributed by atoms with Crippen LogP contribution in [0.5, 0.6) is 0 Å². The predicted molar refractivity (Wildman–Crippen MR) is 74.1 cm³/mol. The molecule has 1 amide bonds. The Hall–Kier alpha value is -1.67. The molecule has 0 aliphatic rings. The van der Waals surface area contributed by atoms with E-state index in [1.54, 1.807) is 27.7 Å². The van der Waals surface area contributed by atoms with E-state index in [4.69, 9.17) is 9.84 Å². The number of carbonyl (C=O) groups is 2. The Balaban J connectivity index is 2.70. The summed E-state index contributed by atoms with van der Waals surface area (Å²) in [4.78, 5) is 26.9. The number of carboxylic acids is 1. The molecule has 1 heterocycles. The lowest BCUT2D eigenvalue weighted by Gasteiger charge is -2.18. The summed E-state index contributed by atoms with van der Waals surface area (Å²) >= 11 is 1.11. The number of carboxylic acid groups (broad SMARTS) is 1. The van der Waals surface area contributed by atoms with E-state index in [-0.39, 0.29) is 6.42 Å². The van der Waals surface area contributed by atoms with E-state index in [1.165, 1.54) is 0 Å². The molecule has 1 atom stereocenters. The Morgan fingerprint density at radius 1 is 1.45 bits per heavy atom. The molecule has 3 N–H and O–H groups in total. The average molecular weight is 302 g/mol. The summed E-state index contributed by atoms with van der Waals surface area (Å²) in [5.41, 5.74) is -0.0417. The first-order valence-corrected chi connectivity index (χ1v) is 6.77. The van der Waals surface area contributed by atoms with Gasteiger partial charge in [-0.05, 0) is 27.7 Å². The normalized spacial score (nSPS) is 12.8. The number of amides is 1. The van der Waals surface area contributed by atoms with Gasteiger partial charge in [-0.1, -0.05) is 0 Å². The van der Waals surface area contributed by atoms with E-state index in [0.717, 1.165) is 11.3 Å². The number of rotatable bonds is 4. The smallest absolute Gasteiger partial charge is 0.413 e. The minimum absolute atomic E-state index is 0.0468. The summed E-state index contributed by atoms with van der Waals surface area (Å²) < 4.78 is 5.08. The molecule has 0 saturated heterocycles. The third kappa shape index (κ3) is 5.14. The highest BCUT2D eigenvalue weighted by Gasteiger charge is 2.20. The van der Waals surface area contributed by atoms with Crippen molar-refractivity contribution in [1.29, 1.82) is 0 Å². The molecule has 7 nitrogen and oxygen atoms in total. The van der Waals surface area contributed by atoms with Crippen LogP contribution in [0.4, 0.5) is 9.93 Å². The fourth-order valence-corrected chi connectivity index (χ4v) is 2.31. The second kappa shape index (κ2) is 6.19. The first kappa shape index (κ1) is 16.4. The zero-order valence-electron chi connectivity index (χ0n) is 11.8. The summed E-state index contributed by atoms with van der Waals surface area (Å²) in [5, 5.41) is 20.8. The molecule has 1 unspecified atom stereocenters. The fraction of sp³-hybridized carbons (Fsp3) is 0.583. The highest BCUT2D eigenvalue weighted by molar-refractivity contribution is 7.15. The number of hydrogen-bond acceptors (Lipinski definition) is 6. The highest BCUT2D eigenvalue weighted by Crippen LogP contribution is 2.24. The maximum atomic E-state index is 11.6. The third-order valence-electron chi connectivity index (χ3n) is 2.16. The van der Waals surface area contributed by atoms with Crippen LogP contribution in [-0.4, -0.2) is 39.0 Å². The molecule has 0 bridgehead atoms. The predicted octanol–water partition coefficient (Wildman–Crippen LogP) is 1.79. The van der Waals surface area contributed by atoms with Crippen LogP contribution in [0.3, 0.4) is 0 Å². The van der Waals surface area contributed by atoms with Crippen LogP contribution < -0.4 is 5.32 Å². The number of carbonyl (C=O) groups excluding carboxylic acids is 1. The van der Waals surface area contributed by atoms with Crippen molar-refractivity contribution in [2.45, 2.75) is 45.8 Å². The van der Waals surface area contributed by atoms with E-state index >= 15 is 0 Å². The Kier molecular flexibility index (Phi) is 5.07. The van der Waals surface area contributed by atoms with E-state index in [1.807, 2.05) is 0 Å². The van der Waals surface area contributed by atoms with Crippen molar-refractivity contribution in [2.75, 3.05) is 5.32 Å². The van der Waals surface area contributed by atoms with Gasteiger partial charge >= 0.3 is 12.1 Å². The second-order valence-corrected chi connectivity index (χ2v) is 6.30. The van der Waals surface area contributed by atoms with Gasteiger partial charge in [-0.2, -0.15) is 0 Å². The van der Waals surface area contributed by atoms with Gasteiger partial charge in [-0.3, -0.25) is 5.32 Å². The number of ether oxygens (including phenoxy) is 1. The number of aliphatic carboxylic acids is 1. The number of nitrogens with one attached hydrogen (secondary N) is 1. The minimum atomic E-state index is -1.48. The van der Waals surface area contributed by atoms with Gasteiger partial charge in [0.05, 0.1) is 5.69 Å². The lowest BCUT2D eigenvalue weighted by molar-refractivity contribution is -0.146. The molecule has 0 spiro atoms. The van der Waals surface area contributed by atoms with Gasteiger partial charge in [-0.15, -0.1) is 11.3 Å². The number of thiazole rings is 1. The van der Waals surface area contributed by atoms with Crippen molar-refractivity contribution in [3.63, 3.8) is 0 Å². The van der Waals surface area contributed by atoms with Crippen molar-refractivity contribution in [1.82, 2.24) is 4.98 Å². The van der Waals surface area contributed by atoms with E-state index in [0.29, 0.717) is 15.7 Å². The monoisotopic (exact) mass is 302 g/mol. The van der Waals surface area contributed by atoms with Gasteiger partial charge in [0.15, 0.2) is 11.2 Å². The first-order chi connectivity index (χ1) is 9.08. The summed E-state index contributed by atoms with van der Waals surface area (Å²) in [6.07, 6.45) is -2.16. The van der Waals surface area contributed by atoms with Crippen molar-refractivity contribution in [2.24, 2.45) is 0 Å². The Labute approximate surface area is 120 Å². The van der Waals surface area contributed by atoms with E-state index in [2.05, 4.69) is 10.3 Å². The molecule has 1 rings (SSSR count). The lowest BCUT2D eigenvalue weighted by Crippen LogP contribution is -2.27. The Morgan fingerprint density at radius 2 is 2.05 bits per heavy atom. The molecule has 0 saturated carbocycles. The van der Waals surface area contributed by atoms with Crippen LogP contribution in [-0.2, 0) is 16.0 Å². The molecule has 0 aliphatic heterocycles. The second-order valence-electron chi connectivity index (χ2n) is 5.21. The van der Waals surface area contributed by atoms with Crippen LogP contribution in [0.2, 0.25) is 0 Å². The number of aliphatic hydroxyl groups excluding tert-OH is 1. The SMILES string of the molecule is Cc1nc(NC(=O)OC(C)(C)C)sc1CC(O)C(=O)O. The van der Waals surface area contributed by atoms with Crippen LogP contribution in [0.15, 0.2) is 0 Å². The number of nitrogens with zero attached hydrogens (tertiary/aromatic N) is 1. The van der Waals surface area contributed by atoms with Gasteiger partial charge in [0.25, 0.3) is 0 Å². The lowest BCUT2D eigenvalue weighted by atomic mass is 10.2. The molecular formula is C12H18N2O5S. The average Bonchev–Trinajstić information content (AvgIpc) is 2.55. The molecule has 1 aromatic rings. The molecule has 0 radical (unpaired) electrons. The maximum Gasteiger partial charge on any atom is 0.413 e. The van der Waals surface area contributed by atoms with Crippen molar-refractivity contribution >= 4 is 28.5 Å². The number of anilines is 1. The molecule has 8 heteroatoms. The fourth-order valence-electron chi connectivity index (χ4n) is 1.32. The third-order valence-corrected chi connectivity index (χ3v) is 3.26. The van der Waals surface area contributed by atoms with Crippen molar-refractivity contribution < 1.29 is 24.5 Å². The zero-order chi connectivity index (χ0) is 15.5. The zero-order valence-corrected chi connectivity index (χ0v) is 12.6. The van der Waals surface area contributed by atoms with Crippen LogP contribution in [0, 0.1) is 6.92 Å². The minimum Gasteiger partial charge on any atom is -0.479 e. The number of aryl methyl sites for hydroxylation is 1. The maximum absolute atomic E-state index is 11.6. The molecule has 20 heavy (non-hydrogen) atoms. The molecule has 0 fully saturated rings. The first-order valence-electron chi connectivity index (χ1n) is 5.95. The summed E-state index contributed by atoms with van der Waals surface area (Å²) in [5.74, 6) is -1.29. The molecule has 0 aromatic carbocycles. The van der Waals surface area contributed by atoms with E-state index < -0.39 is 23.8 Å². The Morgan fingerprint density at radius 3 is 2.55 bits per heavy atom. The summed E-state index contributed by atoms with van der Waals surface area (Å²) in [6, 6.07) is 0. The quantitative estimate of drug-likeness (QED) is 0.782. The van der Waals surface area contributed by atoms with Gasteiger partial charge in [0.1, 0.15) is 5.60 Å². The van der Waals surface area contributed by atoms with Gasteiger partial charge in [-0.25, -0.2) is 14.6 Å². The van der Waals surface area contributed by atoms with E-state index in [9.17, 15) is 14.7 Å². The summed E-state index contributed by atoms with van der Waals surface area (Å²) in [6.45, 7) is 6.91.